The highest BCUT2D eigenvalue weighted by molar-refractivity contribution is 7.10. The van der Waals surface area contributed by atoms with Crippen molar-refractivity contribution >= 4 is 17.2 Å². The molecule has 0 saturated carbocycles. The molecule has 0 fully saturated rings. The summed E-state index contributed by atoms with van der Waals surface area (Å²) < 4.78 is 13.3. The lowest BCUT2D eigenvalue weighted by molar-refractivity contribution is -0.120. The standard InChI is InChI=1S/C16H19FN2OS/c1-19(2)15(12-5-3-6-13(17)9-12)11-18-16(20)10-14-7-4-8-21-14/h3-9,15H,10-11H2,1-2H3,(H,18,20). The normalized spacial score (nSPS) is 12.4. The lowest BCUT2D eigenvalue weighted by atomic mass is 10.1. The molecule has 1 atom stereocenters. The van der Waals surface area contributed by atoms with Gasteiger partial charge in [0.1, 0.15) is 5.82 Å². The molecule has 0 aliphatic carbocycles. The van der Waals surface area contributed by atoms with E-state index in [9.17, 15) is 9.18 Å². The highest BCUT2D eigenvalue weighted by Gasteiger charge is 2.16. The van der Waals surface area contributed by atoms with Crippen LogP contribution < -0.4 is 5.32 Å². The van der Waals surface area contributed by atoms with Gasteiger partial charge in [0.2, 0.25) is 5.91 Å². The van der Waals surface area contributed by atoms with E-state index in [0.717, 1.165) is 10.4 Å². The van der Waals surface area contributed by atoms with Gasteiger partial charge in [-0.3, -0.25) is 4.79 Å². The second kappa shape index (κ2) is 7.33. The Bertz CT molecular complexity index is 584. The van der Waals surface area contributed by atoms with E-state index in [2.05, 4.69) is 5.32 Å². The van der Waals surface area contributed by atoms with Crippen LogP contribution in [0, 0.1) is 5.82 Å². The van der Waals surface area contributed by atoms with E-state index in [0.29, 0.717) is 13.0 Å². The van der Waals surface area contributed by atoms with E-state index < -0.39 is 0 Å². The number of amides is 1. The molecule has 2 aromatic rings. The van der Waals surface area contributed by atoms with E-state index in [1.54, 1.807) is 17.4 Å². The zero-order valence-electron chi connectivity index (χ0n) is 12.2. The summed E-state index contributed by atoms with van der Waals surface area (Å²) in [5.41, 5.74) is 0.858. The summed E-state index contributed by atoms with van der Waals surface area (Å²) in [4.78, 5) is 15.0. The molecular formula is C16H19FN2OS. The van der Waals surface area contributed by atoms with Crippen molar-refractivity contribution in [3.8, 4) is 0 Å². The predicted octanol–water partition coefficient (Wildman–Crippen LogP) is 2.85. The van der Waals surface area contributed by atoms with E-state index in [1.165, 1.54) is 12.1 Å². The lowest BCUT2D eigenvalue weighted by Crippen LogP contribution is -2.35. The number of hydrogen-bond donors (Lipinski definition) is 1. The first kappa shape index (κ1) is 15.7. The van der Waals surface area contributed by atoms with Gasteiger partial charge in [0.05, 0.1) is 12.5 Å². The molecule has 0 aliphatic rings. The molecule has 21 heavy (non-hydrogen) atoms. The van der Waals surface area contributed by atoms with Crippen LogP contribution in [0.3, 0.4) is 0 Å². The van der Waals surface area contributed by atoms with Crippen molar-refractivity contribution in [2.24, 2.45) is 0 Å². The first-order valence-corrected chi connectivity index (χ1v) is 7.65. The van der Waals surface area contributed by atoms with Gasteiger partial charge >= 0.3 is 0 Å². The van der Waals surface area contributed by atoms with Gasteiger partial charge in [-0.25, -0.2) is 4.39 Å². The molecule has 0 bridgehead atoms. The van der Waals surface area contributed by atoms with Gasteiger partial charge in [-0.05, 0) is 43.2 Å². The van der Waals surface area contributed by atoms with Crippen molar-refractivity contribution in [3.05, 3.63) is 58.0 Å². The van der Waals surface area contributed by atoms with Crippen LogP contribution in [0.15, 0.2) is 41.8 Å². The van der Waals surface area contributed by atoms with Gasteiger partial charge in [0.15, 0.2) is 0 Å². The minimum Gasteiger partial charge on any atom is -0.354 e. The smallest absolute Gasteiger partial charge is 0.225 e. The number of likely N-dealkylation sites (N-methyl/N-ethyl adjacent to an activating group) is 1. The third-order valence-corrected chi connectivity index (χ3v) is 4.14. The Hall–Kier alpha value is -1.72. The number of nitrogens with one attached hydrogen (secondary N) is 1. The van der Waals surface area contributed by atoms with Crippen molar-refractivity contribution in [2.75, 3.05) is 20.6 Å². The highest BCUT2D eigenvalue weighted by atomic mass is 32.1. The molecule has 0 spiro atoms. The van der Waals surface area contributed by atoms with E-state index in [-0.39, 0.29) is 17.8 Å². The van der Waals surface area contributed by atoms with Crippen molar-refractivity contribution < 1.29 is 9.18 Å². The molecule has 0 saturated heterocycles. The Kier molecular flexibility index (Phi) is 5.47. The Morgan fingerprint density at radius 3 is 2.76 bits per heavy atom. The number of halogens is 1. The Balaban J connectivity index is 1.96. The molecule has 1 unspecified atom stereocenters. The first-order valence-electron chi connectivity index (χ1n) is 6.77. The van der Waals surface area contributed by atoms with Gasteiger partial charge < -0.3 is 10.2 Å². The first-order chi connectivity index (χ1) is 10.1. The van der Waals surface area contributed by atoms with Gasteiger partial charge in [-0.1, -0.05) is 18.2 Å². The second-order valence-electron chi connectivity index (χ2n) is 5.09. The van der Waals surface area contributed by atoms with E-state index in [1.807, 2.05) is 42.6 Å². The maximum absolute atomic E-state index is 13.3. The van der Waals surface area contributed by atoms with Crippen LogP contribution >= 0.6 is 11.3 Å². The summed E-state index contributed by atoms with van der Waals surface area (Å²) in [7, 11) is 3.84. The fourth-order valence-electron chi connectivity index (χ4n) is 2.16. The van der Waals surface area contributed by atoms with Crippen molar-refractivity contribution in [3.63, 3.8) is 0 Å². The quantitative estimate of drug-likeness (QED) is 0.890. The molecule has 1 amide bonds. The monoisotopic (exact) mass is 306 g/mol. The number of thiophene rings is 1. The van der Waals surface area contributed by atoms with E-state index >= 15 is 0 Å². The van der Waals surface area contributed by atoms with Crippen LogP contribution in [-0.2, 0) is 11.2 Å². The van der Waals surface area contributed by atoms with Crippen LogP contribution in [0.4, 0.5) is 4.39 Å². The van der Waals surface area contributed by atoms with Crippen molar-refractivity contribution in [1.82, 2.24) is 10.2 Å². The number of carbonyl (C=O) groups is 1. The van der Waals surface area contributed by atoms with Crippen molar-refractivity contribution in [1.29, 1.82) is 0 Å². The van der Waals surface area contributed by atoms with Crippen LogP contribution in [-0.4, -0.2) is 31.4 Å². The van der Waals surface area contributed by atoms with Crippen molar-refractivity contribution in [2.45, 2.75) is 12.5 Å². The zero-order chi connectivity index (χ0) is 15.2. The summed E-state index contributed by atoms with van der Waals surface area (Å²) in [6.07, 6.45) is 0.390. The van der Waals surface area contributed by atoms with Gasteiger partial charge in [-0.2, -0.15) is 0 Å². The summed E-state index contributed by atoms with van der Waals surface area (Å²) in [6, 6.07) is 10.3. The van der Waals surface area contributed by atoms with Gasteiger partial charge in [-0.15, -0.1) is 11.3 Å². The number of rotatable bonds is 6. The molecule has 3 nitrogen and oxygen atoms in total. The molecule has 1 aromatic carbocycles. The maximum Gasteiger partial charge on any atom is 0.225 e. The third-order valence-electron chi connectivity index (χ3n) is 3.26. The SMILES string of the molecule is CN(C)C(CNC(=O)Cc1cccs1)c1cccc(F)c1. The summed E-state index contributed by atoms with van der Waals surface area (Å²) >= 11 is 1.57. The molecule has 1 N–H and O–H groups in total. The number of carbonyl (C=O) groups excluding carboxylic acids is 1. The van der Waals surface area contributed by atoms with Gasteiger partial charge in [0, 0.05) is 11.4 Å². The minimum absolute atomic E-state index is 0.0132. The fraction of sp³-hybridized carbons (Fsp3) is 0.312. The largest absolute Gasteiger partial charge is 0.354 e. The Labute approximate surface area is 128 Å². The molecule has 2 rings (SSSR count). The minimum atomic E-state index is -0.260. The molecule has 1 heterocycles. The third kappa shape index (κ3) is 4.65. The number of benzene rings is 1. The van der Waals surface area contributed by atoms with Crippen LogP contribution in [0.1, 0.15) is 16.5 Å². The zero-order valence-corrected chi connectivity index (χ0v) is 13.0. The molecule has 5 heteroatoms. The highest BCUT2D eigenvalue weighted by Crippen LogP contribution is 2.18. The Morgan fingerprint density at radius 1 is 1.33 bits per heavy atom. The molecule has 0 radical (unpaired) electrons. The topological polar surface area (TPSA) is 32.3 Å². The predicted molar refractivity (Wildman–Crippen MR) is 83.9 cm³/mol. The second-order valence-corrected chi connectivity index (χ2v) is 6.13. The lowest BCUT2D eigenvalue weighted by Gasteiger charge is -2.25. The molecule has 112 valence electrons. The summed E-state index contributed by atoms with van der Waals surface area (Å²) in [5, 5.41) is 4.88. The summed E-state index contributed by atoms with van der Waals surface area (Å²) in [5.74, 6) is -0.273. The number of nitrogens with zero attached hydrogens (tertiary/aromatic N) is 1. The average Bonchev–Trinajstić information content (AvgIpc) is 2.91. The van der Waals surface area contributed by atoms with Crippen LogP contribution in [0.5, 0.6) is 0 Å². The average molecular weight is 306 g/mol. The maximum atomic E-state index is 13.3. The molecular weight excluding hydrogens is 287 g/mol. The summed E-state index contributed by atoms with van der Waals surface area (Å²) in [6.45, 7) is 0.459. The number of hydrogen-bond acceptors (Lipinski definition) is 3. The van der Waals surface area contributed by atoms with Gasteiger partial charge in [0.25, 0.3) is 0 Å². The fourth-order valence-corrected chi connectivity index (χ4v) is 2.86. The molecule has 0 aliphatic heterocycles. The van der Waals surface area contributed by atoms with Crippen LogP contribution in [0.25, 0.3) is 0 Å². The van der Waals surface area contributed by atoms with Crippen LogP contribution in [0.2, 0.25) is 0 Å². The molecule has 1 aromatic heterocycles. The Morgan fingerprint density at radius 2 is 2.14 bits per heavy atom. The van der Waals surface area contributed by atoms with E-state index in [4.69, 9.17) is 0 Å².